The molecule has 2 aromatic carbocycles. The van der Waals surface area contributed by atoms with Gasteiger partial charge in [-0.2, -0.15) is 10.00 Å². The number of carbonyl (C=O) groups excluding carboxylic acids is 5. The summed E-state index contributed by atoms with van der Waals surface area (Å²) in [6.45, 7) is 5.55. The van der Waals surface area contributed by atoms with Crippen molar-refractivity contribution in [3.63, 3.8) is 0 Å². The van der Waals surface area contributed by atoms with Crippen molar-refractivity contribution in [1.82, 2.24) is 14.7 Å². The molecular formula is C37H33ClN4O7S. The fraction of sp³-hybridized carbons (Fsp3) is 0.351. The molecule has 1 saturated carbocycles. The minimum atomic E-state index is -1.28. The number of benzene rings is 2. The highest BCUT2D eigenvalue weighted by atomic mass is 35.5. The molecule has 2 aliphatic heterocycles. The van der Waals surface area contributed by atoms with Crippen LogP contribution in [-0.4, -0.2) is 56.6 Å². The van der Waals surface area contributed by atoms with Crippen LogP contribution in [0.5, 0.6) is 5.75 Å². The van der Waals surface area contributed by atoms with Gasteiger partial charge in [0.1, 0.15) is 17.3 Å². The molecule has 13 heteroatoms. The van der Waals surface area contributed by atoms with Gasteiger partial charge in [0, 0.05) is 28.8 Å². The summed E-state index contributed by atoms with van der Waals surface area (Å²) >= 11 is 7.84. The summed E-state index contributed by atoms with van der Waals surface area (Å²) in [6, 6.07) is 12.6. The largest absolute Gasteiger partial charge is 0.508 e. The predicted molar refractivity (Wildman–Crippen MR) is 185 cm³/mol. The number of aromatic hydroxyl groups is 1. The normalized spacial score (nSPS) is 27.5. The van der Waals surface area contributed by atoms with Gasteiger partial charge in [0.15, 0.2) is 0 Å². The predicted octanol–water partition coefficient (Wildman–Crippen LogP) is 6.27. The topological polar surface area (TPSA) is 139 Å². The number of nitrogens with zero attached hydrogens (tertiary/aromatic N) is 4. The Bertz CT molecular complexity index is 2260. The number of hydrogen-bond acceptors (Lipinski definition) is 9. The second-order valence-corrected chi connectivity index (χ2v) is 15.4. The maximum absolute atomic E-state index is 14.9. The molecule has 4 aromatic rings. The summed E-state index contributed by atoms with van der Waals surface area (Å²) in [5.74, 6) is -5.49. The Labute approximate surface area is 296 Å². The van der Waals surface area contributed by atoms with E-state index in [4.69, 9.17) is 21.4 Å². The van der Waals surface area contributed by atoms with Crippen LogP contribution < -0.4 is 4.90 Å². The monoisotopic (exact) mass is 712 g/mol. The summed E-state index contributed by atoms with van der Waals surface area (Å²) < 4.78 is 7.35. The van der Waals surface area contributed by atoms with Crippen molar-refractivity contribution in [1.29, 1.82) is 0 Å². The van der Waals surface area contributed by atoms with Crippen LogP contribution in [0.4, 0.5) is 10.6 Å². The molecule has 5 amide bonds. The molecule has 4 heterocycles. The molecule has 50 heavy (non-hydrogen) atoms. The average Bonchev–Trinajstić information content (AvgIpc) is 3.75. The molecule has 1 N–H and O–H groups in total. The van der Waals surface area contributed by atoms with Gasteiger partial charge in [-0.15, -0.1) is 11.3 Å². The first-order valence-electron chi connectivity index (χ1n) is 16.3. The first kappa shape index (κ1) is 32.4. The number of carbonyl (C=O) groups is 5. The lowest BCUT2D eigenvalue weighted by molar-refractivity contribution is -0.138. The van der Waals surface area contributed by atoms with Gasteiger partial charge in [-0.3, -0.25) is 23.9 Å². The summed E-state index contributed by atoms with van der Waals surface area (Å²) in [7, 11) is 2.81. The lowest BCUT2D eigenvalue weighted by Crippen LogP contribution is -2.49. The number of rotatable bonds is 3. The average molecular weight is 713 g/mol. The van der Waals surface area contributed by atoms with Crippen molar-refractivity contribution in [2.45, 2.75) is 39.5 Å². The number of aromatic nitrogens is 2. The van der Waals surface area contributed by atoms with Gasteiger partial charge >= 0.3 is 6.09 Å². The van der Waals surface area contributed by atoms with Crippen molar-refractivity contribution in [2.24, 2.45) is 36.1 Å². The molecule has 256 valence electrons. The van der Waals surface area contributed by atoms with Gasteiger partial charge in [0.25, 0.3) is 0 Å². The highest BCUT2D eigenvalue weighted by Crippen LogP contribution is 2.63. The summed E-state index contributed by atoms with van der Waals surface area (Å²) in [5.41, 5.74) is 2.39. The number of hydrogen-bond donors (Lipinski definition) is 1. The van der Waals surface area contributed by atoms with E-state index >= 15 is 0 Å². The highest BCUT2D eigenvalue weighted by Gasteiger charge is 2.68. The van der Waals surface area contributed by atoms with E-state index in [1.54, 1.807) is 56.5 Å². The van der Waals surface area contributed by atoms with Crippen LogP contribution in [-0.2, 0) is 31.0 Å². The molecule has 0 unspecified atom stereocenters. The number of allylic oxidation sites excluding steroid dienone is 2. The number of imide groups is 4. The van der Waals surface area contributed by atoms with Gasteiger partial charge in [-0.05, 0) is 85.9 Å². The number of phenols is 1. The van der Waals surface area contributed by atoms with Crippen LogP contribution in [0.3, 0.4) is 0 Å². The molecular weight excluding hydrogens is 680 g/mol. The lowest BCUT2D eigenvalue weighted by Gasteiger charge is -2.49. The number of thiophene rings is 1. The quantitative estimate of drug-likeness (QED) is 0.194. The van der Waals surface area contributed by atoms with E-state index in [0.29, 0.717) is 32.6 Å². The number of anilines is 1. The van der Waals surface area contributed by atoms with Crippen LogP contribution in [0.25, 0.3) is 20.7 Å². The fourth-order valence-corrected chi connectivity index (χ4v) is 10.3. The molecule has 4 aliphatic rings. The molecule has 2 saturated heterocycles. The molecule has 6 atom stereocenters. The number of aryl methyl sites for hydroxylation is 3. The first-order valence-corrected chi connectivity index (χ1v) is 17.5. The Morgan fingerprint density at radius 2 is 1.80 bits per heavy atom. The summed E-state index contributed by atoms with van der Waals surface area (Å²) in [5, 5.41) is 16.8. The maximum Gasteiger partial charge on any atom is 0.423 e. The van der Waals surface area contributed by atoms with Gasteiger partial charge in [0.05, 0.1) is 35.2 Å². The Kier molecular flexibility index (Phi) is 7.19. The van der Waals surface area contributed by atoms with E-state index in [9.17, 15) is 29.1 Å². The number of methoxy groups -OCH3 is 1. The number of amides is 5. The minimum Gasteiger partial charge on any atom is -0.508 e. The van der Waals surface area contributed by atoms with Crippen molar-refractivity contribution in [3.8, 4) is 16.3 Å². The molecule has 2 aromatic heterocycles. The van der Waals surface area contributed by atoms with E-state index in [1.165, 1.54) is 9.58 Å². The third kappa shape index (κ3) is 4.27. The third-order valence-corrected chi connectivity index (χ3v) is 12.9. The Hall–Kier alpha value is -4.81. The third-order valence-electron chi connectivity index (χ3n) is 11.4. The molecule has 11 nitrogen and oxygen atoms in total. The Morgan fingerprint density at radius 3 is 2.52 bits per heavy atom. The summed E-state index contributed by atoms with van der Waals surface area (Å²) in [4.78, 5) is 72.0. The minimum absolute atomic E-state index is 0.0856. The zero-order chi connectivity index (χ0) is 35.5. The molecule has 0 bridgehead atoms. The van der Waals surface area contributed by atoms with Crippen LogP contribution >= 0.6 is 22.9 Å². The molecule has 3 fully saturated rings. The second-order valence-electron chi connectivity index (χ2n) is 13.9. The van der Waals surface area contributed by atoms with E-state index in [2.05, 4.69) is 0 Å². The number of halogens is 1. The Morgan fingerprint density at radius 1 is 1.04 bits per heavy atom. The zero-order valence-corrected chi connectivity index (χ0v) is 29.5. The van der Waals surface area contributed by atoms with E-state index < -0.39 is 64.7 Å². The molecule has 0 radical (unpaired) electrons. The van der Waals surface area contributed by atoms with Gasteiger partial charge in [-0.25, -0.2) is 9.69 Å². The van der Waals surface area contributed by atoms with Gasteiger partial charge in [-0.1, -0.05) is 35.4 Å². The number of likely N-dealkylation sites (tertiary alicyclic amines) is 1. The van der Waals surface area contributed by atoms with Crippen molar-refractivity contribution >= 4 is 68.6 Å². The van der Waals surface area contributed by atoms with Crippen molar-refractivity contribution in [3.05, 3.63) is 75.8 Å². The molecule has 2 aliphatic carbocycles. The van der Waals surface area contributed by atoms with Crippen LogP contribution in [0.1, 0.15) is 42.4 Å². The van der Waals surface area contributed by atoms with Crippen LogP contribution in [0.2, 0.25) is 5.02 Å². The number of fused-ring (bicyclic) bond motifs is 5. The fourth-order valence-electron chi connectivity index (χ4n) is 8.96. The van der Waals surface area contributed by atoms with E-state index in [0.717, 1.165) is 33.2 Å². The van der Waals surface area contributed by atoms with Crippen LogP contribution in [0, 0.1) is 42.9 Å². The highest BCUT2D eigenvalue weighted by molar-refractivity contribution is 7.22. The first-order chi connectivity index (χ1) is 23.8. The SMILES string of the molecule is COC(=O)N1C(=O)[C@H]2[C@H](CC=C3[C@H]2C[C@H]2C(=O)N(c4cc(-c5sc6ccc(Cl)cc6c5C)nn4C)C(=O)[C@@]2(C)[C@H]3c2ccc(O)c(C)c2)C1=O. The zero-order valence-electron chi connectivity index (χ0n) is 27.9. The van der Waals surface area contributed by atoms with Gasteiger partial charge in [0.2, 0.25) is 23.6 Å². The van der Waals surface area contributed by atoms with E-state index in [1.807, 2.05) is 31.2 Å². The smallest absolute Gasteiger partial charge is 0.423 e. The van der Waals surface area contributed by atoms with E-state index in [-0.39, 0.29) is 18.6 Å². The second kappa shape index (κ2) is 11.1. The van der Waals surface area contributed by atoms with Crippen molar-refractivity contribution in [2.75, 3.05) is 12.0 Å². The summed E-state index contributed by atoms with van der Waals surface area (Å²) in [6.07, 6.45) is 1.20. The Balaban J connectivity index is 1.25. The van der Waals surface area contributed by atoms with Crippen molar-refractivity contribution < 1.29 is 33.8 Å². The number of phenolic OH excluding ortho intramolecular Hbond substituents is 1. The number of ether oxygens (including phenoxy) is 1. The lowest BCUT2D eigenvalue weighted by atomic mass is 9.51. The maximum atomic E-state index is 14.9. The standard InChI is InChI=1S/C37H33ClN4O7S/c1-16-12-18(6-10-26(16)43)30-20-8-9-21-29(34(46)42(32(21)44)36(48)49-5)23(20)14-24-33(45)41(35(47)37(24,30)3)28-15-25(39-40(28)4)31-17(2)22-13-19(38)7-11-27(22)50-31/h6-8,10-13,15,21,23-24,29-30,43H,9,14H2,1-5H3/t21-,23+,24-,29-,30-,37+/m0/s1. The van der Waals surface area contributed by atoms with Gasteiger partial charge < -0.3 is 9.84 Å². The van der Waals surface area contributed by atoms with Crippen LogP contribution in [0.15, 0.2) is 54.1 Å². The molecule has 8 rings (SSSR count). The molecule has 0 spiro atoms.